The van der Waals surface area contributed by atoms with Crippen LogP contribution >= 0.6 is 11.8 Å². The molecule has 0 fully saturated rings. The van der Waals surface area contributed by atoms with E-state index in [-0.39, 0.29) is 12.5 Å². The molecule has 0 atom stereocenters. The molecule has 0 saturated heterocycles. The third kappa shape index (κ3) is 2.63. The van der Waals surface area contributed by atoms with Crippen LogP contribution in [0.25, 0.3) is 0 Å². The molecule has 6 nitrogen and oxygen atoms in total. The summed E-state index contributed by atoms with van der Waals surface area (Å²) in [6, 6.07) is 5.36. The fraction of sp³-hybridized carbons (Fsp3) is 0.250. The molecule has 0 spiro atoms. The number of nitriles is 1. The minimum absolute atomic E-state index is 0.00366. The van der Waals surface area contributed by atoms with Gasteiger partial charge in [0, 0.05) is 7.05 Å². The Morgan fingerprint density at radius 1 is 1.63 bits per heavy atom. The van der Waals surface area contributed by atoms with Crippen LogP contribution in [0, 0.1) is 11.5 Å². The smallest absolute Gasteiger partial charge is 0.264 e. The molecule has 1 aromatic carbocycles. The van der Waals surface area contributed by atoms with Crippen molar-refractivity contribution in [2.45, 2.75) is 0 Å². The zero-order chi connectivity index (χ0) is 13.8. The number of likely N-dealkylation sites (N-methyl/N-ethyl adjacent to an activating group) is 1. The highest BCUT2D eigenvalue weighted by atomic mass is 32.2. The quantitative estimate of drug-likeness (QED) is 0.364. The lowest BCUT2D eigenvalue weighted by atomic mass is 10.2. The number of amides is 1. The molecule has 0 unspecified atom stereocenters. The lowest BCUT2D eigenvalue weighted by Crippen LogP contribution is -2.35. The monoisotopic (exact) mass is 276 g/mol. The van der Waals surface area contributed by atoms with Crippen molar-refractivity contribution in [3.05, 3.63) is 18.2 Å². The summed E-state index contributed by atoms with van der Waals surface area (Å²) in [5.74, 6) is 0.449. The molecule has 1 aliphatic heterocycles. The molecule has 1 heterocycles. The van der Waals surface area contributed by atoms with E-state index in [0.717, 1.165) is 0 Å². The Morgan fingerprint density at radius 2 is 2.42 bits per heavy atom. The van der Waals surface area contributed by atoms with E-state index in [1.54, 1.807) is 25.2 Å². The van der Waals surface area contributed by atoms with Crippen LogP contribution in [0.15, 0.2) is 23.2 Å². The third-order valence-corrected chi connectivity index (χ3v) is 3.21. The minimum Gasteiger partial charge on any atom is -0.479 e. The Labute approximate surface area is 115 Å². The molecule has 98 valence electrons. The van der Waals surface area contributed by atoms with E-state index >= 15 is 0 Å². The van der Waals surface area contributed by atoms with Crippen molar-refractivity contribution < 1.29 is 9.53 Å². The fourth-order valence-electron chi connectivity index (χ4n) is 1.66. The van der Waals surface area contributed by atoms with Gasteiger partial charge in [0.05, 0.1) is 5.69 Å². The van der Waals surface area contributed by atoms with Gasteiger partial charge in [-0.3, -0.25) is 10.1 Å². The Hall–Kier alpha value is -2.20. The lowest BCUT2D eigenvalue weighted by Gasteiger charge is -2.26. The Morgan fingerprint density at radius 3 is 3.11 bits per heavy atom. The summed E-state index contributed by atoms with van der Waals surface area (Å²) in [6.45, 7) is -0.00366. The number of thioether (sulfide) groups is 1. The van der Waals surface area contributed by atoms with Gasteiger partial charge in [0.2, 0.25) is 0 Å². The second-order valence-electron chi connectivity index (χ2n) is 3.72. The first-order valence-corrected chi connectivity index (χ1v) is 6.70. The van der Waals surface area contributed by atoms with Crippen molar-refractivity contribution in [2.75, 3.05) is 24.8 Å². The number of ether oxygens (including phenoxy) is 1. The van der Waals surface area contributed by atoms with Crippen LogP contribution in [-0.2, 0) is 4.79 Å². The Kier molecular flexibility index (Phi) is 3.92. The first kappa shape index (κ1) is 13.2. The summed E-state index contributed by atoms with van der Waals surface area (Å²) >= 11 is 1.32. The first-order valence-electron chi connectivity index (χ1n) is 5.47. The van der Waals surface area contributed by atoms with Crippen LogP contribution in [0.2, 0.25) is 0 Å². The van der Waals surface area contributed by atoms with Gasteiger partial charge in [-0.1, -0.05) is 17.8 Å². The summed E-state index contributed by atoms with van der Waals surface area (Å²) in [4.78, 5) is 17.4. The number of anilines is 1. The molecule has 2 rings (SSSR count). The van der Waals surface area contributed by atoms with Gasteiger partial charge in [-0.2, -0.15) is 5.26 Å². The number of hydrogen-bond acceptors (Lipinski definition) is 5. The SMILES string of the molecule is CSC(=Nc1cccc2c1OCC(=O)N2C)NC#N. The molecule has 0 bridgehead atoms. The Balaban J connectivity index is 2.44. The largest absolute Gasteiger partial charge is 0.479 e. The van der Waals surface area contributed by atoms with Crippen LogP contribution in [0.1, 0.15) is 0 Å². The number of benzene rings is 1. The topological polar surface area (TPSA) is 77.7 Å². The zero-order valence-electron chi connectivity index (χ0n) is 10.5. The molecular weight excluding hydrogens is 264 g/mol. The van der Waals surface area contributed by atoms with Crippen molar-refractivity contribution in [1.29, 1.82) is 5.26 Å². The van der Waals surface area contributed by atoms with Crippen LogP contribution in [0.5, 0.6) is 5.75 Å². The number of carbonyl (C=O) groups excluding carboxylic acids is 1. The van der Waals surface area contributed by atoms with E-state index in [2.05, 4.69) is 10.3 Å². The van der Waals surface area contributed by atoms with Gasteiger partial charge >= 0.3 is 0 Å². The second-order valence-corrected chi connectivity index (χ2v) is 4.52. The van der Waals surface area contributed by atoms with E-state index in [1.807, 2.05) is 12.4 Å². The third-order valence-electron chi connectivity index (χ3n) is 2.63. The second kappa shape index (κ2) is 5.63. The summed E-state index contributed by atoms with van der Waals surface area (Å²) in [7, 11) is 1.69. The van der Waals surface area contributed by atoms with E-state index in [0.29, 0.717) is 22.3 Å². The minimum atomic E-state index is -0.103. The summed E-state index contributed by atoms with van der Waals surface area (Å²) < 4.78 is 5.44. The van der Waals surface area contributed by atoms with Gasteiger partial charge in [-0.25, -0.2) is 4.99 Å². The molecule has 1 N–H and O–H groups in total. The standard InChI is InChI=1S/C12H12N4O2S/c1-16-9-5-3-4-8(11(9)18-6-10(16)17)15-12(19-2)14-7-13/h3-5H,6H2,1-2H3,(H,14,15). The molecule has 1 aromatic rings. The van der Waals surface area contributed by atoms with E-state index < -0.39 is 0 Å². The summed E-state index contributed by atoms with van der Waals surface area (Å²) in [6.07, 6.45) is 3.64. The lowest BCUT2D eigenvalue weighted by molar-refractivity contribution is -0.120. The maximum absolute atomic E-state index is 11.6. The molecule has 1 amide bonds. The zero-order valence-corrected chi connectivity index (χ0v) is 11.3. The van der Waals surface area contributed by atoms with Gasteiger partial charge in [-0.15, -0.1) is 0 Å². The predicted molar refractivity (Wildman–Crippen MR) is 74.7 cm³/mol. The predicted octanol–water partition coefficient (Wildman–Crippen LogP) is 1.46. The van der Waals surface area contributed by atoms with Gasteiger partial charge < -0.3 is 9.64 Å². The van der Waals surface area contributed by atoms with E-state index in [4.69, 9.17) is 10.00 Å². The average molecular weight is 276 g/mol. The van der Waals surface area contributed by atoms with Crippen molar-refractivity contribution in [2.24, 2.45) is 4.99 Å². The normalized spacial score (nSPS) is 14.5. The van der Waals surface area contributed by atoms with Crippen LogP contribution in [-0.4, -0.2) is 31.0 Å². The molecule has 0 aliphatic carbocycles. The van der Waals surface area contributed by atoms with E-state index in [1.165, 1.54) is 16.7 Å². The maximum atomic E-state index is 11.6. The van der Waals surface area contributed by atoms with Gasteiger partial charge in [-0.05, 0) is 18.4 Å². The van der Waals surface area contributed by atoms with Crippen LogP contribution < -0.4 is 15.0 Å². The molecular formula is C12H12N4O2S. The number of fused-ring (bicyclic) bond motifs is 1. The van der Waals surface area contributed by atoms with Crippen molar-refractivity contribution in [3.63, 3.8) is 0 Å². The van der Waals surface area contributed by atoms with Gasteiger partial charge in [0.1, 0.15) is 5.69 Å². The van der Waals surface area contributed by atoms with Gasteiger partial charge in [0.15, 0.2) is 23.7 Å². The van der Waals surface area contributed by atoms with Gasteiger partial charge in [0.25, 0.3) is 5.91 Å². The molecule has 0 radical (unpaired) electrons. The number of rotatable bonds is 1. The van der Waals surface area contributed by atoms with Crippen molar-refractivity contribution >= 4 is 34.2 Å². The highest BCUT2D eigenvalue weighted by Gasteiger charge is 2.24. The van der Waals surface area contributed by atoms with Crippen molar-refractivity contribution in [1.82, 2.24) is 5.32 Å². The number of aliphatic imine (C=N–C) groups is 1. The number of nitrogens with one attached hydrogen (secondary N) is 1. The number of amidine groups is 1. The highest BCUT2D eigenvalue weighted by molar-refractivity contribution is 8.13. The maximum Gasteiger partial charge on any atom is 0.264 e. The van der Waals surface area contributed by atoms with E-state index in [9.17, 15) is 4.79 Å². The number of carbonyl (C=O) groups is 1. The highest BCUT2D eigenvalue weighted by Crippen LogP contribution is 2.39. The molecule has 7 heteroatoms. The molecule has 1 aliphatic rings. The Bertz CT molecular complexity index is 580. The van der Waals surface area contributed by atoms with Crippen molar-refractivity contribution in [3.8, 4) is 11.9 Å². The first-order chi connectivity index (χ1) is 9.17. The molecule has 0 saturated carbocycles. The average Bonchev–Trinajstić information content (AvgIpc) is 2.43. The fourth-order valence-corrected chi connectivity index (χ4v) is 2.00. The summed E-state index contributed by atoms with van der Waals surface area (Å²) in [5, 5.41) is 11.6. The molecule has 19 heavy (non-hydrogen) atoms. The molecule has 0 aromatic heterocycles. The van der Waals surface area contributed by atoms with Crippen LogP contribution in [0.4, 0.5) is 11.4 Å². The number of hydrogen-bond donors (Lipinski definition) is 1. The number of para-hydroxylation sites is 1. The number of nitrogens with zero attached hydrogens (tertiary/aromatic N) is 3. The van der Waals surface area contributed by atoms with Crippen LogP contribution in [0.3, 0.4) is 0 Å². The summed E-state index contributed by atoms with van der Waals surface area (Å²) in [5.41, 5.74) is 1.26.